The predicted octanol–water partition coefficient (Wildman–Crippen LogP) is 3.01. The first-order valence-corrected chi connectivity index (χ1v) is 12.1. The Kier molecular flexibility index (Phi) is 7.80. The number of rotatable bonds is 6. The van der Waals surface area contributed by atoms with Crippen molar-refractivity contribution in [1.82, 2.24) is 19.8 Å². The van der Waals surface area contributed by atoms with E-state index in [1.165, 1.54) is 0 Å². The van der Waals surface area contributed by atoms with Gasteiger partial charge in [0.15, 0.2) is 0 Å². The number of likely N-dealkylation sites (N-methyl/N-ethyl adjacent to an activating group) is 1. The van der Waals surface area contributed by atoms with Crippen molar-refractivity contribution >= 4 is 11.8 Å². The molecule has 3 atom stereocenters. The molecule has 0 spiro atoms. The van der Waals surface area contributed by atoms with Gasteiger partial charge in [0, 0.05) is 37.5 Å². The molecule has 0 saturated heterocycles. The second kappa shape index (κ2) is 11.2. The van der Waals surface area contributed by atoms with Gasteiger partial charge in [0.05, 0.1) is 30.8 Å². The molecule has 0 unspecified atom stereocenters. The Bertz CT molecular complexity index is 1320. The van der Waals surface area contributed by atoms with Crippen molar-refractivity contribution in [2.75, 3.05) is 26.7 Å². The lowest BCUT2D eigenvalue weighted by Gasteiger charge is -2.37. The summed E-state index contributed by atoms with van der Waals surface area (Å²) in [7, 11) is 1.69. The standard InChI is InChI=1S/C28H29N5O4/c1-18-15-33(19(2)17-34)27(35)23-12-22(21-8-6-7-20(11-21)13-29)14-31-26(23)37-25(18)16-32(3)28(36)24-9-4-5-10-30-24/h4-12,14,18-19,25,34H,15-17H2,1-3H3/t18-,19-,25+/m1/s1. The largest absolute Gasteiger partial charge is 0.472 e. The Morgan fingerprint density at radius 1 is 1.24 bits per heavy atom. The summed E-state index contributed by atoms with van der Waals surface area (Å²) < 4.78 is 6.29. The van der Waals surface area contributed by atoms with E-state index >= 15 is 0 Å². The predicted molar refractivity (Wildman–Crippen MR) is 137 cm³/mol. The van der Waals surface area contributed by atoms with Crippen LogP contribution in [0.5, 0.6) is 5.88 Å². The highest BCUT2D eigenvalue weighted by molar-refractivity contribution is 5.98. The molecular weight excluding hydrogens is 470 g/mol. The van der Waals surface area contributed by atoms with Gasteiger partial charge in [0.2, 0.25) is 5.88 Å². The smallest absolute Gasteiger partial charge is 0.272 e. The van der Waals surface area contributed by atoms with Gasteiger partial charge < -0.3 is 19.6 Å². The first kappa shape index (κ1) is 25.8. The van der Waals surface area contributed by atoms with Gasteiger partial charge >= 0.3 is 0 Å². The van der Waals surface area contributed by atoms with Crippen molar-refractivity contribution in [2.24, 2.45) is 5.92 Å². The highest BCUT2D eigenvalue weighted by atomic mass is 16.5. The van der Waals surface area contributed by atoms with E-state index in [0.29, 0.717) is 23.4 Å². The summed E-state index contributed by atoms with van der Waals surface area (Å²) in [6, 6.07) is 15.6. The second-order valence-electron chi connectivity index (χ2n) is 9.29. The molecule has 190 valence electrons. The lowest BCUT2D eigenvalue weighted by atomic mass is 9.98. The van der Waals surface area contributed by atoms with Gasteiger partial charge in [0.1, 0.15) is 17.4 Å². The first-order valence-electron chi connectivity index (χ1n) is 12.1. The third kappa shape index (κ3) is 5.60. The second-order valence-corrected chi connectivity index (χ2v) is 9.29. The van der Waals surface area contributed by atoms with Crippen LogP contribution in [0.25, 0.3) is 11.1 Å². The molecule has 1 aliphatic heterocycles. The van der Waals surface area contributed by atoms with E-state index < -0.39 is 12.1 Å². The molecule has 0 bridgehead atoms. The van der Waals surface area contributed by atoms with Crippen LogP contribution in [0.2, 0.25) is 0 Å². The fraction of sp³-hybridized carbons (Fsp3) is 0.321. The van der Waals surface area contributed by atoms with E-state index in [-0.39, 0.29) is 42.3 Å². The van der Waals surface area contributed by atoms with Crippen molar-refractivity contribution in [2.45, 2.75) is 26.0 Å². The van der Waals surface area contributed by atoms with Gasteiger partial charge in [-0.1, -0.05) is 25.1 Å². The maximum Gasteiger partial charge on any atom is 0.272 e. The molecule has 1 N–H and O–H groups in total. The Labute approximate surface area is 216 Å². The molecule has 3 aromatic rings. The molecule has 3 heterocycles. The van der Waals surface area contributed by atoms with Crippen LogP contribution in [0.4, 0.5) is 0 Å². The van der Waals surface area contributed by atoms with Crippen molar-refractivity contribution in [3.63, 3.8) is 0 Å². The average Bonchev–Trinajstić information content (AvgIpc) is 2.94. The fourth-order valence-electron chi connectivity index (χ4n) is 4.28. The number of benzene rings is 1. The number of carbonyl (C=O) groups excluding carboxylic acids is 2. The highest BCUT2D eigenvalue weighted by Gasteiger charge is 2.35. The molecule has 2 aromatic heterocycles. The van der Waals surface area contributed by atoms with Crippen LogP contribution < -0.4 is 4.74 Å². The van der Waals surface area contributed by atoms with Crippen molar-refractivity contribution in [3.05, 3.63) is 77.7 Å². The number of hydrogen-bond acceptors (Lipinski definition) is 7. The summed E-state index contributed by atoms with van der Waals surface area (Å²) in [6.07, 6.45) is 2.70. The highest BCUT2D eigenvalue weighted by Crippen LogP contribution is 2.30. The molecule has 0 radical (unpaired) electrons. The van der Waals surface area contributed by atoms with Crippen molar-refractivity contribution in [1.29, 1.82) is 5.26 Å². The molecule has 0 saturated carbocycles. The van der Waals surface area contributed by atoms with Crippen LogP contribution in [-0.4, -0.2) is 75.6 Å². The number of aliphatic hydroxyl groups is 1. The molecule has 2 amide bonds. The zero-order valence-corrected chi connectivity index (χ0v) is 21.0. The average molecular weight is 500 g/mol. The molecule has 0 aliphatic carbocycles. The van der Waals surface area contributed by atoms with E-state index in [0.717, 1.165) is 5.56 Å². The van der Waals surface area contributed by atoms with Crippen molar-refractivity contribution in [3.8, 4) is 23.1 Å². The Morgan fingerprint density at radius 2 is 2.05 bits per heavy atom. The molecule has 1 aromatic carbocycles. The van der Waals surface area contributed by atoms with Gasteiger partial charge in [-0.25, -0.2) is 4.98 Å². The molecular formula is C28H29N5O4. The number of nitrogens with zero attached hydrogens (tertiary/aromatic N) is 5. The summed E-state index contributed by atoms with van der Waals surface area (Å²) in [5, 5.41) is 19.1. The minimum absolute atomic E-state index is 0.163. The zero-order valence-electron chi connectivity index (χ0n) is 21.0. The molecule has 0 fully saturated rings. The Morgan fingerprint density at radius 3 is 2.76 bits per heavy atom. The minimum Gasteiger partial charge on any atom is -0.472 e. The van der Waals surface area contributed by atoms with E-state index in [1.807, 2.05) is 13.0 Å². The minimum atomic E-state index is -0.474. The van der Waals surface area contributed by atoms with Crippen LogP contribution in [0.1, 0.15) is 40.3 Å². The SMILES string of the molecule is C[C@@H]1CN([C@H](C)CO)C(=O)c2cc(-c3cccc(C#N)c3)cnc2O[C@H]1CN(C)C(=O)c1ccccn1. The third-order valence-electron chi connectivity index (χ3n) is 6.53. The summed E-state index contributed by atoms with van der Waals surface area (Å²) in [5.41, 5.74) is 2.50. The number of pyridine rings is 2. The van der Waals surface area contributed by atoms with E-state index in [1.54, 1.807) is 78.6 Å². The van der Waals surface area contributed by atoms with Gasteiger partial charge in [-0.3, -0.25) is 14.6 Å². The maximum atomic E-state index is 13.6. The lowest BCUT2D eigenvalue weighted by Crippen LogP contribution is -2.50. The van der Waals surface area contributed by atoms with E-state index in [9.17, 15) is 20.0 Å². The topological polar surface area (TPSA) is 120 Å². The number of amides is 2. The van der Waals surface area contributed by atoms with Crippen LogP contribution in [0, 0.1) is 17.2 Å². The Balaban J connectivity index is 1.70. The van der Waals surface area contributed by atoms with E-state index in [4.69, 9.17) is 4.74 Å². The van der Waals surface area contributed by atoms with Crippen LogP contribution in [-0.2, 0) is 0 Å². The van der Waals surface area contributed by atoms with Gasteiger partial charge in [-0.15, -0.1) is 0 Å². The number of nitriles is 1. The van der Waals surface area contributed by atoms with E-state index in [2.05, 4.69) is 16.0 Å². The molecule has 1 aliphatic rings. The number of fused-ring (bicyclic) bond motifs is 1. The number of carbonyl (C=O) groups is 2. The normalized spacial score (nSPS) is 18.0. The van der Waals surface area contributed by atoms with Crippen LogP contribution in [0.3, 0.4) is 0 Å². The van der Waals surface area contributed by atoms with Crippen LogP contribution >= 0.6 is 0 Å². The number of aliphatic hydroxyl groups excluding tert-OH is 1. The quantitative estimate of drug-likeness (QED) is 0.554. The lowest BCUT2D eigenvalue weighted by molar-refractivity contribution is 0.0312. The Hall–Kier alpha value is -4.29. The first-order chi connectivity index (χ1) is 17.8. The summed E-state index contributed by atoms with van der Waals surface area (Å²) in [5.74, 6) is -0.545. The van der Waals surface area contributed by atoms with Gasteiger partial charge in [-0.05, 0) is 42.8 Å². The van der Waals surface area contributed by atoms with Gasteiger partial charge in [-0.2, -0.15) is 5.26 Å². The van der Waals surface area contributed by atoms with Gasteiger partial charge in [0.25, 0.3) is 11.8 Å². The molecule has 4 rings (SSSR count). The third-order valence-corrected chi connectivity index (χ3v) is 6.53. The molecule has 9 nitrogen and oxygen atoms in total. The fourth-order valence-corrected chi connectivity index (χ4v) is 4.28. The summed E-state index contributed by atoms with van der Waals surface area (Å²) in [4.78, 5) is 38.4. The number of ether oxygens (including phenoxy) is 1. The zero-order chi connectivity index (χ0) is 26.5. The molecule has 9 heteroatoms. The molecule has 37 heavy (non-hydrogen) atoms. The number of hydrogen-bond donors (Lipinski definition) is 1. The maximum absolute atomic E-state index is 13.6. The summed E-state index contributed by atoms with van der Waals surface area (Å²) >= 11 is 0. The number of aromatic nitrogens is 2. The van der Waals surface area contributed by atoms with Crippen LogP contribution in [0.15, 0.2) is 60.9 Å². The van der Waals surface area contributed by atoms with Crippen molar-refractivity contribution < 1.29 is 19.4 Å². The monoisotopic (exact) mass is 499 g/mol. The summed E-state index contributed by atoms with van der Waals surface area (Å²) in [6.45, 7) is 4.10.